The van der Waals surface area contributed by atoms with Crippen molar-refractivity contribution in [3.63, 3.8) is 0 Å². The van der Waals surface area contributed by atoms with Crippen molar-refractivity contribution in [1.82, 2.24) is 9.55 Å². The lowest BCUT2D eigenvalue weighted by Crippen LogP contribution is -2.20. The van der Waals surface area contributed by atoms with Gasteiger partial charge in [-0.15, -0.1) is 11.3 Å². The summed E-state index contributed by atoms with van der Waals surface area (Å²) in [7, 11) is 3.09. The average molecular weight is 385 g/mol. The van der Waals surface area contributed by atoms with E-state index >= 15 is 0 Å². The van der Waals surface area contributed by atoms with E-state index in [0.29, 0.717) is 44.4 Å². The Morgan fingerprint density at radius 2 is 2.04 bits per heavy atom. The van der Waals surface area contributed by atoms with Gasteiger partial charge in [-0.1, -0.05) is 0 Å². The van der Waals surface area contributed by atoms with Crippen LogP contribution < -0.4 is 20.3 Å². The predicted octanol–water partition coefficient (Wildman–Crippen LogP) is 2.98. The molecule has 2 aromatic heterocycles. The molecule has 1 aliphatic rings. The highest BCUT2D eigenvalue weighted by Gasteiger charge is 2.23. The van der Waals surface area contributed by atoms with E-state index in [-0.39, 0.29) is 11.5 Å². The third-order valence-corrected chi connectivity index (χ3v) is 5.94. The summed E-state index contributed by atoms with van der Waals surface area (Å²) in [5.74, 6) is 1.65. The van der Waals surface area contributed by atoms with Crippen LogP contribution in [-0.2, 0) is 13.0 Å². The molecule has 0 aliphatic carbocycles. The zero-order valence-corrected chi connectivity index (χ0v) is 16.1. The molecule has 1 aromatic carbocycles. The molecule has 1 N–H and O–H groups in total. The lowest BCUT2D eigenvalue weighted by Gasteiger charge is -2.10. The third-order valence-electron chi connectivity index (χ3n) is 4.76. The first-order valence-corrected chi connectivity index (χ1v) is 9.41. The fourth-order valence-corrected chi connectivity index (χ4v) is 4.48. The zero-order chi connectivity index (χ0) is 19.1. The molecular weight excluding hydrogens is 366 g/mol. The lowest BCUT2D eigenvalue weighted by atomic mass is 10.2. The second kappa shape index (κ2) is 6.70. The fourth-order valence-electron chi connectivity index (χ4n) is 3.39. The van der Waals surface area contributed by atoms with Gasteiger partial charge in [-0.2, -0.15) is 0 Å². The number of aryl methyl sites for hydroxylation is 2. The Kier molecular flexibility index (Phi) is 4.35. The summed E-state index contributed by atoms with van der Waals surface area (Å²) in [6.45, 7) is 2.49. The largest absolute Gasteiger partial charge is 0.493 e. The second-order valence-electron chi connectivity index (χ2n) is 6.35. The molecule has 0 saturated heterocycles. The van der Waals surface area contributed by atoms with Gasteiger partial charge in [0.1, 0.15) is 10.7 Å². The first kappa shape index (κ1) is 17.5. The number of amides is 1. The SMILES string of the molecule is COc1ccc(NC(=O)c2sc3nc4n(c(=O)c3c2C)CCC4)cc1OC. The van der Waals surface area contributed by atoms with Crippen molar-refractivity contribution in [2.45, 2.75) is 26.3 Å². The van der Waals surface area contributed by atoms with Crippen molar-refractivity contribution in [3.05, 3.63) is 44.8 Å². The van der Waals surface area contributed by atoms with Gasteiger partial charge in [0.05, 0.1) is 24.5 Å². The number of ether oxygens (including phenoxy) is 2. The summed E-state index contributed by atoms with van der Waals surface area (Å²) in [5.41, 5.74) is 1.21. The van der Waals surface area contributed by atoms with Crippen molar-refractivity contribution < 1.29 is 14.3 Å². The van der Waals surface area contributed by atoms with Crippen LogP contribution in [0.5, 0.6) is 11.5 Å². The quantitative estimate of drug-likeness (QED) is 0.747. The van der Waals surface area contributed by atoms with E-state index in [0.717, 1.165) is 18.7 Å². The molecule has 0 unspecified atom stereocenters. The number of aromatic nitrogens is 2. The molecule has 0 atom stereocenters. The molecule has 0 saturated carbocycles. The number of benzene rings is 1. The van der Waals surface area contributed by atoms with Gasteiger partial charge in [-0.05, 0) is 31.0 Å². The van der Waals surface area contributed by atoms with Crippen LogP contribution in [0.4, 0.5) is 5.69 Å². The van der Waals surface area contributed by atoms with Crippen LogP contribution in [0, 0.1) is 6.92 Å². The number of carbonyl (C=O) groups excluding carboxylic acids is 1. The first-order chi connectivity index (χ1) is 13.0. The maximum absolute atomic E-state index is 12.8. The summed E-state index contributed by atoms with van der Waals surface area (Å²) in [5, 5.41) is 3.41. The van der Waals surface area contributed by atoms with E-state index in [1.54, 1.807) is 36.8 Å². The van der Waals surface area contributed by atoms with Crippen LogP contribution in [0.15, 0.2) is 23.0 Å². The number of methoxy groups -OCH3 is 2. The Morgan fingerprint density at radius 3 is 2.78 bits per heavy atom. The molecule has 0 radical (unpaired) electrons. The summed E-state index contributed by atoms with van der Waals surface area (Å²) in [6.07, 6.45) is 1.74. The van der Waals surface area contributed by atoms with E-state index in [4.69, 9.17) is 9.47 Å². The van der Waals surface area contributed by atoms with E-state index in [1.807, 2.05) is 0 Å². The zero-order valence-electron chi connectivity index (χ0n) is 15.3. The Morgan fingerprint density at radius 1 is 1.26 bits per heavy atom. The number of hydrogen-bond acceptors (Lipinski definition) is 6. The van der Waals surface area contributed by atoms with Crippen molar-refractivity contribution in [2.75, 3.05) is 19.5 Å². The van der Waals surface area contributed by atoms with E-state index in [9.17, 15) is 9.59 Å². The molecule has 1 aliphatic heterocycles. The molecule has 3 aromatic rings. The van der Waals surface area contributed by atoms with Crippen molar-refractivity contribution in [3.8, 4) is 11.5 Å². The average Bonchev–Trinajstić information content (AvgIpc) is 3.26. The molecule has 0 spiro atoms. The summed E-state index contributed by atoms with van der Waals surface area (Å²) < 4.78 is 12.2. The van der Waals surface area contributed by atoms with Crippen molar-refractivity contribution in [2.24, 2.45) is 0 Å². The highest BCUT2D eigenvalue weighted by molar-refractivity contribution is 7.20. The topological polar surface area (TPSA) is 82.5 Å². The number of anilines is 1. The van der Waals surface area contributed by atoms with Gasteiger partial charge in [-0.3, -0.25) is 14.2 Å². The van der Waals surface area contributed by atoms with Crippen molar-refractivity contribution in [1.29, 1.82) is 0 Å². The Hall–Kier alpha value is -2.87. The van der Waals surface area contributed by atoms with Crippen LogP contribution >= 0.6 is 11.3 Å². The van der Waals surface area contributed by atoms with Gasteiger partial charge in [-0.25, -0.2) is 4.98 Å². The highest BCUT2D eigenvalue weighted by Crippen LogP contribution is 2.32. The van der Waals surface area contributed by atoms with Gasteiger partial charge in [0, 0.05) is 24.7 Å². The van der Waals surface area contributed by atoms with Crippen LogP contribution in [0.1, 0.15) is 27.5 Å². The molecule has 0 bridgehead atoms. The normalized spacial score (nSPS) is 12.9. The minimum Gasteiger partial charge on any atom is -0.493 e. The number of nitrogens with one attached hydrogen (secondary N) is 1. The fraction of sp³-hybridized carbons (Fsp3) is 0.316. The third kappa shape index (κ3) is 2.86. The molecule has 1 amide bonds. The molecule has 8 heteroatoms. The summed E-state index contributed by atoms with van der Waals surface area (Å²) in [6, 6.07) is 5.16. The molecule has 3 heterocycles. The van der Waals surface area contributed by atoms with Crippen molar-refractivity contribution >= 4 is 33.1 Å². The van der Waals surface area contributed by atoms with Crippen LogP contribution in [-0.4, -0.2) is 29.7 Å². The number of thiophene rings is 1. The predicted molar refractivity (Wildman–Crippen MR) is 104 cm³/mol. The first-order valence-electron chi connectivity index (χ1n) is 8.59. The van der Waals surface area contributed by atoms with Gasteiger partial charge in [0.15, 0.2) is 11.5 Å². The van der Waals surface area contributed by atoms with Gasteiger partial charge in [0.25, 0.3) is 11.5 Å². The number of hydrogen-bond donors (Lipinski definition) is 1. The smallest absolute Gasteiger partial charge is 0.266 e. The molecule has 140 valence electrons. The monoisotopic (exact) mass is 385 g/mol. The number of rotatable bonds is 4. The molecule has 27 heavy (non-hydrogen) atoms. The minimum absolute atomic E-state index is 0.0496. The van der Waals surface area contributed by atoms with Gasteiger partial charge in [0.2, 0.25) is 0 Å². The number of fused-ring (bicyclic) bond motifs is 2. The lowest BCUT2D eigenvalue weighted by molar-refractivity contribution is 0.103. The summed E-state index contributed by atoms with van der Waals surface area (Å²) in [4.78, 5) is 31.3. The van der Waals surface area contributed by atoms with Gasteiger partial charge < -0.3 is 14.8 Å². The molecule has 4 rings (SSSR count). The van der Waals surface area contributed by atoms with Crippen LogP contribution in [0.25, 0.3) is 10.2 Å². The Balaban J connectivity index is 1.70. The molecule has 7 nitrogen and oxygen atoms in total. The van der Waals surface area contributed by atoms with E-state index in [2.05, 4.69) is 10.3 Å². The van der Waals surface area contributed by atoms with Crippen LogP contribution in [0.3, 0.4) is 0 Å². The van der Waals surface area contributed by atoms with E-state index in [1.165, 1.54) is 18.4 Å². The Bertz CT molecular complexity index is 1120. The van der Waals surface area contributed by atoms with E-state index < -0.39 is 0 Å². The summed E-state index contributed by atoms with van der Waals surface area (Å²) >= 11 is 1.26. The minimum atomic E-state index is -0.271. The number of carbonyl (C=O) groups is 1. The van der Waals surface area contributed by atoms with Crippen LogP contribution in [0.2, 0.25) is 0 Å². The standard InChI is InChI=1S/C19H19N3O4S/c1-10-15-18(21-14-5-4-8-22(14)19(15)24)27-16(10)17(23)20-11-6-7-12(25-2)13(9-11)26-3/h6-7,9H,4-5,8H2,1-3H3,(H,20,23). The Labute approximate surface area is 159 Å². The number of nitrogens with zero attached hydrogens (tertiary/aromatic N) is 2. The maximum atomic E-state index is 12.8. The molecular formula is C19H19N3O4S. The maximum Gasteiger partial charge on any atom is 0.266 e. The van der Waals surface area contributed by atoms with Gasteiger partial charge >= 0.3 is 0 Å². The molecule has 0 fully saturated rings. The highest BCUT2D eigenvalue weighted by atomic mass is 32.1. The second-order valence-corrected chi connectivity index (χ2v) is 7.35.